The van der Waals surface area contributed by atoms with Crippen molar-refractivity contribution in [2.45, 2.75) is 25.9 Å². The SMILES string of the molecule is C=CCC1Oc2cccc(CC)c2-c2ccc(NS(C)(=O)=O)cc21. The second-order valence-corrected chi connectivity index (χ2v) is 7.70. The molecule has 1 aliphatic rings. The summed E-state index contributed by atoms with van der Waals surface area (Å²) < 4.78 is 31.7. The zero-order chi connectivity index (χ0) is 17.3. The van der Waals surface area contributed by atoms with Gasteiger partial charge in [0, 0.05) is 23.2 Å². The van der Waals surface area contributed by atoms with Gasteiger partial charge >= 0.3 is 0 Å². The number of ether oxygens (including phenoxy) is 1. The minimum Gasteiger partial charge on any atom is -0.485 e. The normalized spacial score (nSPS) is 15.8. The molecule has 0 bridgehead atoms. The van der Waals surface area contributed by atoms with Gasteiger partial charge < -0.3 is 4.74 Å². The molecule has 5 heteroatoms. The van der Waals surface area contributed by atoms with E-state index in [1.165, 1.54) is 5.56 Å². The Morgan fingerprint density at radius 1 is 1.29 bits per heavy atom. The second-order valence-electron chi connectivity index (χ2n) is 5.95. The Balaban J connectivity index is 2.17. The van der Waals surface area contributed by atoms with Crippen molar-refractivity contribution in [2.24, 2.45) is 0 Å². The molecule has 0 spiro atoms. The molecule has 2 aromatic carbocycles. The highest BCUT2D eigenvalue weighted by Crippen LogP contribution is 2.46. The van der Waals surface area contributed by atoms with E-state index in [2.05, 4.69) is 24.3 Å². The first-order chi connectivity index (χ1) is 11.4. The van der Waals surface area contributed by atoms with Crippen molar-refractivity contribution in [3.8, 4) is 16.9 Å². The molecule has 0 saturated carbocycles. The zero-order valence-corrected chi connectivity index (χ0v) is 14.7. The van der Waals surface area contributed by atoms with E-state index in [0.717, 1.165) is 35.1 Å². The van der Waals surface area contributed by atoms with Crippen molar-refractivity contribution in [1.29, 1.82) is 0 Å². The summed E-state index contributed by atoms with van der Waals surface area (Å²) in [6, 6.07) is 11.7. The molecule has 4 nitrogen and oxygen atoms in total. The lowest BCUT2D eigenvalue weighted by Gasteiger charge is -2.30. The molecule has 0 aromatic heterocycles. The fourth-order valence-corrected chi connectivity index (χ4v) is 3.71. The topological polar surface area (TPSA) is 55.4 Å². The standard InChI is InChI=1S/C19H21NO3S/c1-4-7-17-16-12-14(20-24(3,21)22)10-11-15(16)19-13(5-2)8-6-9-18(19)23-17/h4,6,8-12,17,20H,1,5,7H2,2-3H3. The van der Waals surface area contributed by atoms with E-state index in [4.69, 9.17) is 4.74 Å². The summed E-state index contributed by atoms with van der Waals surface area (Å²) in [5.74, 6) is 0.873. The quantitative estimate of drug-likeness (QED) is 0.824. The van der Waals surface area contributed by atoms with Crippen molar-refractivity contribution < 1.29 is 13.2 Å². The molecule has 1 unspecified atom stereocenters. The van der Waals surface area contributed by atoms with Crippen molar-refractivity contribution in [1.82, 2.24) is 0 Å². The van der Waals surface area contributed by atoms with E-state index in [-0.39, 0.29) is 6.10 Å². The Labute approximate surface area is 143 Å². The maximum atomic E-state index is 11.5. The molecule has 1 heterocycles. The molecular formula is C19H21NO3S. The van der Waals surface area contributed by atoms with E-state index >= 15 is 0 Å². The molecular weight excluding hydrogens is 322 g/mol. The Morgan fingerprint density at radius 3 is 2.75 bits per heavy atom. The van der Waals surface area contributed by atoms with Crippen molar-refractivity contribution in [2.75, 3.05) is 11.0 Å². The molecule has 1 atom stereocenters. The third-order valence-corrected chi connectivity index (χ3v) is 4.72. The number of fused-ring (bicyclic) bond motifs is 3. The number of benzene rings is 2. The van der Waals surface area contributed by atoms with Crippen LogP contribution >= 0.6 is 0 Å². The third kappa shape index (κ3) is 3.17. The number of nitrogens with one attached hydrogen (secondary N) is 1. The molecule has 0 aliphatic carbocycles. The van der Waals surface area contributed by atoms with Gasteiger partial charge in [-0.15, -0.1) is 6.58 Å². The first kappa shape index (κ1) is 16.6. The van der Waals surface area contributed by atoms with Crippen LogP contribution in [0.25, 0.3) is 11.1 Å². The van der Waals surface area contributed by atoms with Gasteiger partial charge in [-0.05, 0) is 35.7 Å². The summed E-state index contributed by atoms with van der Waals surface area (Å²) in [5, 5.41) is 0. The molecule has 3 rings (SSSR count). The van der Waals surface area contributed by atoms with Gasteiger partial charge in [-0.25, -0.2) is 8.42 Å². The number of rotatable bonds is 5. The molecule has 126 valence electrons. The Kier molecular flexibility index (Phi) is 4.37. The van der Waals surface area contributed by atoms with Crippen LogP contribution in [0.3, 0.4) is 0 Å². The van der Waals surface area contributed by atoms with E-state index in [9.17, 15) is 8.42 Å². The van der Waals surface area contributed by atoms with Crippen molar-refractivity contribution >= 4 is 15.7 Å². The fraction of sp³-hybridized carbons (Fsp3) is 0.263. The maximum Gasteiger partial charge on any atom is 0.229 e. The van der Waals surface area contributed by atoms with Crippen LogP contribution in [0.4, 0.5) is 5.69 Å². The van der Waals surface area contributed by atoms with E-state index in [1.54, 1.807) is 6.07 Å². The highest BCUT2D eigenvalue weighted by molar-refractivity contribution is 7.92. The van der Waals surface area contributed by atoms with E-state index in [1.807, 2.05) is 30.3 Å². The summed E-state index contributed by atoms with van der Waals surface area (Å²) >= 11 is 0. The first-order valence-corrected chi connectivity index (χ1v) is 9.83. The summed E-state index contributed by atoms with van der Waals surface area (Å²) in [7, 11) is -3.32. The lowest BCUT2D eigenvalue weighted by Crippen LogP contribution is -2.16. The minimum atomic E-state index is -3.32. The molecule has 0 radical (unpaired) electrons. The Morgan fingerprint density at radius 2 is 2.08 bits per heavy atom. The molecule has 24 heavy (non-hydrogen) atoms. The Hall–Kier alpha value is -2.27. The van der Waals surface area contributed by atoms with Crippen LogP contribution in [-0.2, 0) is 16.4 Å². The minimum absolute atomic E-state index is 0.168. The van der Waals surface area contributed by atoms with Gasteiger partial charge in [-0.3, -0.25) is 4.72 Å². The van der Waals surface area contributed by atoms with Crippen LogP contribution in [-0.4, -0.2) is 14.7 Å². The second kappa shape index (κ2) is 6.32. The van der Waals surface area contributed by atoms with Gasteiger partial charge in [0.2, 0.25) is 10.0 Å². The fourth-order valence-electron chi connectivity index (χ4n) is 3.15. The smallest absolute Gasteiger partial charge is 0.229 e. The molecule has 0 fully saturated rings. The van der Waals surface area contributed by atoms with Crippen molar-refractivity contribution in [3.63, 3.8) is 0 Å². The maximum absolute atomic E-state index is 11.5. The van der Waals surface area contributed by atoms with Gasteiger partial charge in [0.15, 0.2) is 0 Å². The van der Waals surface area contributed by atoms with E-state index < -0.39 is 10.0 Å². The molecule has 1 N–H and O–H groups in total. The van der Waals surface area contributed by atoms with Gasteiger partial charge in [0.25, 0.3) is 0 Å². The zero-order valence-electron chi connectivity index (χ0n) is 13.9. The number of aryl methyl sites for hydroxylation is 1. The largest absolute Gasteiger partial charge is 0.485 e. The molecule has 0 amide bonds. The van der Waals surface area contributed by atoms with Gasteiger partial charge in [0.05, 0.1) is 6.26 Å². The first-order valence-electron chi connectivity index (χ1n) is 7.94. The highest BCUT2D eigenvalue weighted by Gasteiger charge is 2.27. The number of hydrogen-bond donors (Lipinski definition) is 1. The van der Waals surface area contributed by atoms with Crippen LogP contribution in [0.2, 0.25) is 0 Å². The lowest BCUT2D eigenvalue weighted by atomic mass is 9.88. The predicted molar refractivity (Wildman–Crippen MR) is 97.9 cm³/mol. The monoisotopic (exact) mass is 343 g/mol. The molecule has 1 aliphatic heterocycles. The summed E-state index contributed by atoms with van der Waals surface area (Å²) in [4.78, 5) is 0. The average molecular weight is 343 g/mol. The summed E-state index contributed by atoms with van der Waals surface area (Å²) in [6.45, 7) is 5.92. The predicted octanol–water partition coefficient (Wildman–Crippen LogP) is 4.30. The average Bonchev–Trinajstić information content (AvgIpc) is 2.53. The van der Waals surface area contributed by atoms with Crippen LogP contribution in [0.1, 0.15) is 30.6 Å². The van der Waals surface area contributed by atoms with Crippen LogP contribution in [0.15, 0.2) is 49.1 Å². The van der Waals surface area contributed by atoms with E-state index in [0.29, 0.717) is 12.1 Å². The van der Waals surface area contributed by atoms with Gasteiger partial charge in [-0.1, -0.05) is 31.2 Å². The van der Waals surface area contributed by atoms with Gasteiger partial charge in [0.1, 0.15) is 11.9 Å². The van der Waals surface area contributed by atoms with Crippen LogP contribution in [0.5, 0.6) is 5.75 Å². The number of anilines is 1. The number of sulfonamides is 1. The lowest BCUT2D eigenvalue weighted by molar-refractivity contribution is 0.206. The highest BCUT2D eigenvalue weighted by atomic mass is 32.2. The van der Waals surface area contributed by atoms with Crippen LogP contribution in [0, 0.1) is 0 Å². The summed E-state index contributed by atoms with van der Waals surface area (Å²) in [6.07, 6.45) is 4.36. The third-order valence-electron chi connectivity index (χ3n) is 4.11. The molecule has 0 saturated heterocycles. The van der Waals surface area contributed by atoms with Crippen molar-refractivity contribution in [3.05, 3.63) is 60.2 Å². The number of hydrogen-bond acceptors (Lipinski definition) is 3. The Bertz CT molecular complexity index is 887. The van der Waals surface area contributed by atoms with Crippen LogP contribution < -0.4 is 9.46 Å². The van der Waals surface area contributed by atoms with Gasteiger partial charge in [-0.2, -0.15) is 0 Å². The summed E-state index contributed by atoms with van der Waals surface area (Å²) in [5.41, 5.74) is 4.94. The molecule has 2 aromatic rings.